The smallest absolute Gasteiger partial charge is 0.150 e. The molecule has 0 heterocycles. The van der Waals surface area contributed by atoms with Crippen LogP contribution in [0.1, 0.15) is 25.8 Å². The molecule has 2 nitrogen and oxygen atoms in total. The zero-order valence-electron chi connectivity index (χ0n) is 9.18. The van der Waals surface area contributed by atoms with Gasteiger partial charge in [-0.05, 0) is 25.5 Å². The molecule has 1 aromatic carbocycles. The van der Waals surface area contributed by atoms with Crippen LogP contribution in [-0.2, 0) is 0 Å². The molecule has 0 saturated carbocycles. The monoisotopic (exact) mass is 244 g/mol. The molecule has 5 heteroatoms. The number of thiocarbonyl (C=S) groups is 1. The quantitative estimate of drug-likeness (QED) is 0.800. The molecule has 0 aliphatic carbocycles. The van der Waals surface area contributed by atoms with Gasteiger partial charge in [-0.3, -0.25) is 0 Å². The Hall–Kier alpha value is -1.23. The second kappa shape index (κ2) is 5.21. The van der Waals surface area contributed by atoms with Gasteiger partial charge < -0.3 is 11.1 Å². The second-order valence-corrected chi connectivity index (χ2v) is 4.07. The zero-order valence-corrected chi connectivity index (χ0v) is 10.00. The summed E-state index contributed by atoms with van der Waals surface area (Å²) in [6, 6.07) is 2.27. The molecule has 0 saturated heterocycles. The van der Waals surface area contributed by atoms with E-state index in [2.05, 4.69) is 17.5 Å². The van der Waals surface area contributed by atoms with Gasteiger partial charge in [-0.1, -0.05) is 19.1 Å². The number of hydrogen-bond donors (Lipinski definition) is 2. The minimum Gasteiger partial charge on any atom is -0.389 e. The fourth-order valence-corrected chi connectivity index (χ4v) is 1.32. The molecule has 0 amide bonds. The molecule has 0 fully saturated rings. The number of nitrogens with two attached hydrogens (primary N) is 1. The molecule has 0 radical (unpaired) electrons. The zero-order chi connectivity index (χ0) is 12.3. The lowest BCUT2D eigenvalue weighted by Crippen LogP contribution is -2.17. The first kappa shape index (κ1) is 12.8. The van der Waals surface area contributed by atoms with Crippen LogP contribution in [0.4, 0.5) is 14.5 Å². The SMILES string of the molecule is CCC(C)Nc1c(F)cc(C(N)=S)cc1F. The Morgan fingerprint density at radius 3 is 2.31 bits per heavy atom. The van der Waals surface area contributed by atoms with Gasteiger partial charge in [0.15, 0.2) is 0 Å². The van der Waals surface area contributed by atoms with Crippen molar-refractivity contribution in [2.75, 3.05) is 5.32 Å². The molecule has 1 rings (SSSR count). The van der Waals surface area contributed by atoms with E-state index in [0.717, 1.165) is 18.6 Å². The van der Waals surface area contributed by atoms with Crippen molar-refractivity contribution in [3.8, 4) is 0 Å². The van der Waals surface area contributed by atoms with E-state index >= 15 is 0 Å². The molecule has 1 aromatic rings. The standard InChI is InChI=1S/C11H14F2N2S/c1-3-6(2)15-10-8(12)4-7(11(14)16)5-9(10)13/h4-6,15H,3H2,1-2H3,(H2,14,16). The largest absolute Gasteiger partial charge is 0.389 e. The topological polar surface area (TPSA) is 38.0 Å². The van der Waals surface area contributed by atoms with Gasteiger partial charge in [0, 0.05) is 11.6 Å². The van der Waals surface area contributed by atoms with Gasteiger partial charge in [-0.2, -0.15) is 0 Å². The first-order valence-electron chi connectivity index (χ1n) is 5.01. The lowest BCUT2D eigenvalue weighted by atomic mass is 10.1. The molecule has 1 unspecified atom stereocenters. The highest BCUT2D eigenvalue weighted by atomic mass is 32.1. The van der Waals surface area contributed by atoms with Gasteiger partial charge >= 0.3 is 0 Å². The lowest BCUT2D eigenvalue weighted by Gasteiger charge is -2.15. The van der Waals surface area contributed by atoms with Crippen molar-refractivity contribution in [1.82, 2.24) is 0 Å². The summed E-state index contributed by atoms with van der Waals surface area (Å²) < 4.78 is 27.1. The second-order valence-electron chi connectivity index (χ2n) is 3.63. The van der Waals surface area contributed by atoms with E-state index in [9.17, 15) is 8.78 Å². The van der Waals surface area contributed by atoms with Crippen LogP contribution in [0.5, 0.6) is 0 Å². The molecular weight excluding hydrogens is 230 g/mol. The normalized spacial score (nSPS) is 12.2. The van der Waals surface area contributed by atoms with Crippen LogP contribution >= 0.6 is 12.2 Å². The van der Waals surface area contributed by atoms with E-state index < -0.39 is 11.6 Å². The lowest BCUT2D eigenvalue weighted by molar-refractivity contribution is 0.581. The van der Waals surface area contributed by atoms with Crippen molar-refractivity contribution in [2.45, 2.75) is 26.3 Å². The Morgan fingerprint density at radius 1 is 1.44 bits per heavy atom. The summed E-state index contributed by atoms with van der Waals surface area (Å²) in [7, 11) is 0. The number of benzene rings is 1. The van der Waals surface area contributed by atoms with Crippen LogP contribution in [0, 0.1) is 11.6 Å². The van der Waals surface area contributed by atoms with Gasteiger partial charge in [-0.25, -0.2) is 8.78 Å². The van der Waals surface area contributed by atoms with Crippen molar-refractivity contribution in [2.24, 2.45) is 5.73 Å². The summed E-state index contributed by atoms with van der Waals surface area (Å²) in [6.45, 7) is 3.78. The molecule has 3 N–H and O–H groups in total. The summed E-state index contributed by atoms with van der Waals surface area (Å²) in [6.07, 6.45) is 0.774. The minimum atomic E-state index is -0.678. The predicted molar refractivity (Wildman–Crippen MR) is 65.6 cm³/mol. The summed E-state index contributed by atoms with van der Waals surface area (Å²) in [5.41, 5.74) is 5.37. The summed E-state index contributed by atoms with van der Waals surface area (Å²) in [5, 5.41) is 2.76. The third-order valence-corrected chi connectivity index (χ3v) is 2.57. The number of anilines is 1. The van der Waals surface area contributed by atoms with Crippen LogP contribution in [0.15, 0.2) is 12.1 Å². The third-order valence-electron chi connectivity index (χ3n) is 2.33. The van der Waals surface area contributed by atoms with Gasteiger partial charge in [-0.15, -0.1) is 0 Å². The Morgan fingerprint density at radius 2 is 1.94 bits per heavy atom. The fourth-order valence-electron chi connectivity index (χ4n) is 1.20. The number of halogens is 2. The highest BCUT2D eigenvalue weighted by Gasteiger charge is 2.13. The average molecular weight is 244 g/mol. The van der Waals surface area contributed by atoms with Gasteiger partial charge in [0.2, 0.25) is 0 Å². The minimum absolute atomic E-state index is 0.000298. The van der Waals surface area contributed by atoms with E-state index in [-0.39, 0.29) is 22.3 Å². The van der Waals surface area contributed by atoms with E-state index in [0.29, 0.717) is 0 Å². The van der Waals surface area contributed by atoms with Crippen molar-refractivity contribution in [3.63, 3.8) is 0 Å². The highest BCUT2D eigenvalue weighted by molar-refractivity contribution is 7.80. The first-order chi connectivity index (χ1) is 7.45. The molecule has 88 valence electrons. The maximum atomic E-state index is 13.6. The average Bonchev–Trinajstić information content (AvgIpc) is 2.22. The number of rotatable bonds is 4. The van der Waals surface area contributed by atoms with Gasteiger partial charge in [0.05, 0.1) is 0 Å². The third kappa shape index (κ3) is 2.88. The maximum absolute atomic E-state index is 13.6. The van der Waals surface area contributed by atoms with E-state index in [1.54, 1.807) is 0 Å². The molecule has 0 aliphatic heterocycles. The Labute approximate surface area is 98.8 Å². The van der Waals surface area contributed by atoms with Gasteiger partial charge in [0.25, 0.3) is 0 Å². The molecule has 1 atom stereocenters. The number of hydrogen-bond acceptors (Lipinski definition) is 2. The van der Waals surface area contributed by atoms with E-state index in [1.165, 1.54) is 0 Å². The Balaban J connectivity index is 3.07. The van der Waals surface area contributed by atoms with Crippen LogP contribution in [0.25, 0.3) is 0 Å². The van der Waals surface area contributed by atoms with Crippen LogP contribution < -0.4 is 11.1 Å². The van der Waals surface area contributed by atoms with Crippen molar-refractivity contribution < 1.29 is 8.78 Å². The van der Waals surface area contributed by atoms with E-state index in [4.69, 9.17) is 5.73 Å². The predicted octanol–water partition coefficient (Wildman–Crippen LogP) is 2.81. The molecule has 0 spiro atoms. The van der Waals surface area contributed by atoms with Crippen LogP contribution in [-0.4, -0.2) is 11.0 Å². The molecular formula is C11H14F2N2S. The Bertz CT molecular complexity index is 384. The van der Waals surface area contributed by atoms with E-state index in [1.807, 2.05) is 13.8 Å². The maximum Gasteiger partial charge on any atom is 0.150 e. The molecule has 0 bridgehead atoms. The Kier molecular flexibility index (Phi) is 4.18. The molecule has 0 aromatic heterocycles. The van der Waals surface area contributed by atoms with Crippen molar-refractivity contribution >= 4 is 22.9 Å². The first-order valence-corrected chi connectivity index (χ1v) is 5.42. The van der Waals surface area contributed by atoms with Crippen LogP contribution in [0.3, 0.4) is 0 Å². The van der Waals surface area contributed by atoms with Gasteiger partial charge in [0.1, 0.15) is 22.3 Å². The summed E-state index contributed by atoms with van der Waals surface area (Å²) in [5.74, 6) is -1.36. The van der Waals surface area contributed by atoms with Crippen LogP contribution in [0.2, 0.25) is 0 Å². The molecule has 0 aliphatic rings. The van der Waals surface area contributed by atoms with Crippen molar-refractivity contribution in [3.05, 3.63) is 29.3 Å². The highest BCUT2D eigenvalue weighted by Crippen LogP contribution is 2.22. The molecule has 16 heavy (non-hydrogen) atoms. The number of nitrogens with one attached hydrogen (secondary N) is 1. The summed E-state index contributed by atoms with van der Waals surface area (Å²) >= 11 is 4.66. The summed E-state index contributed by atoms with van der Waals surface area (Å²) in [4.78, 5) is -0.0205. The van der Waals surface area contributed by atoms with Crippen molar-refractivity contribution in [1.29, 1.82) is 0 Å². The fraction of sp³-hybridized carbons (Fsp3) is 0.364.